The van der Waals surface area contributed by atoms with Crippen LogP contribution in [0.25, 0.3) is 5.57 Å². The van der Waals surface area contributed by atoms with Gasteiger partial charge in [-0.25, -0.2) is 0 Å². The van der Waals surface area contributed by atoms with E-state index in [0.717, 1.165) is 5.56 Å². The number of carbonyl (C=O) groups excluding carboxylic acids is 2. The summed E-state index contributed by atoms with van der Waals surface area (Å²) in [6.45, 7) is 5.42. The zero-order valence-corrected chi connectivity index (χ0v) is 18.2. The molecule has 2 heterocycles. The van der Waals surface area contributed by atoms with Crippen LogP contribution < -0.4 is 4.74 Å². The minimum atomic E-state index is -0.271. The Morgan fingerprint density at radius 3 is 2.26 bits per heavy atom. The van der Waals surface area contributed by atoms with E-state index in [1.165, 1.54) is 4.90 Å². The van der Waals surface area contributed by atoms with Crippen LogP contribution >= 0.6 is 0 Å². The summed E-state index contributed by atoms with van der Waals surface area (Å²) in [5, 5.41) is 0. The number of carbonyl (C=O) groups is 2. The van der Waals surface area contributed by atoms with E-state index in [1.54, 1.807) is 7.11 Å². The van der Waals surface area contributed by atoms with Crippen molar-refractivity contribution in [2.75, 3.05) is 26.7 Å². The molecule has 0 aliphatic carbocycles. The fraction of sp³-hybridized carbons (Fsp3) is 0.360. The average Bonchev–Trinajstić information content (AvgIpc) is 3.01. The molecule has 2 aliphatic rings. The highest BCUT2D eigenvalue weighted by Gasteiger charge is 2.43. The SMILES string of the molecule is COc1ccccc1C1=C(N2CC(C)OC(C)C2)C(=O)N(CCc2ccccc2)C1=O. The van der Waals surface area contributed by atoms with Crippen LogP contribution in [-0.2, 0) is 20.7 Å². The molecule has 31 heavy (non-hydrogen) atoms. The van der Waals surface area contributed by atoms with Crippen molar-refractivity contribution < 1.29 is 19.1 Å². The maximum absolute atomic E-state index is 13.6. The van der Waals surface area contributed by atoms with Crippen molar-refractivity contribution in [3.8, 4) is 5.75 Å². The molecule has 1 saturated heterocycles. The minimum absolute atomic E-state index is 0.0311. The molecule has 6 heteroatoms. The maximum atomic E-state index is 13.6. The van der Waals surface area contributed by atoms with E-state index >= 15 is 0 Å². The predicted molar refractivity (Wildman–Crippen MR) is 118 cm³/mol. The van der Waals surface area contributed by atoms with Crippen LogP contribution in [-0.4, -0.2) is 60.6 Å². The number of hydrogen-bond donors (Lipinski definition) is 0. The first-order valence-corrected chi connectivity index (χ1v) is 10.7. The zero-order valence-electron chi connectivity index (χ0n) is 18.2. The minimum Gasteiger partial charge on any atom is -0.496 e. The average molecular weight is 421 g/mol. The first-order valence-electron chi connectivity index (χ1n) is 10.7. The van der Waals surface area contributed by atoms with Gasteiger partial charge in [-0.15, -0.1) is 0 Å². The zero-order chi connectivity index (χ0) is 22.0. The Morgan fingerprint density at radius 2 is 1.58 bits per heavy atom. The molecule has 2 unspecified atom stereocenters. The van der Waals surface area contributed by atoms with Crippen molar-refractivity contribution in [1.29, 1.82) is 0 Å². The smallest absolute Gasteiger partial charge is 0.277 e. The molecule has 2 amide bonds. The lowest BCUT2D eigenvalue weighted by atomic mass is 10.0. The molecule has 2 atom stereocenters. The Bertz CT molecular complexity index is 992. The van der Waals surface area contributed by atoms with Crippen molar-refractivity contribution in [2.24, 2.45) is 0 Å². The van der Waals surface area contributed by atoms with E-state index in [4.69, 9.17) is 9.47 Å². The lowest BCUT2D eigenvalue weighted by molar-refractivity contribution is -0.138. The van der Waals surface area contributed by atoms with Gasteiger partial charge in [-0.2, -0.15) is 0 Å². The van der Waals surface area contributed by atoms with E-state index in [2.05, 4.69) is 0 Å². The highest BCUT2D eigenvalue weighted by atomic mass is 16.5. The molecule has 0 radical (unpaired) electrons. The van der Waals surface area contributed by atoms with Crippen LogP contribution in [0.1, 0.15) is 25.0 Å². The lowest BCUT2D eigenvalue weighted by Gasteiger charge is -2.37. The Kier molecular flexibility index (Phi) is 6.09. The molecular weight excluding hydrogens is 392 g/mol. The van der Waals surface area contributed by atoms with Gasteiger partial charge in [0.25, 0.3) is 11.8 Å². The number of imide groups is 1. The first kappa shape index (κ1) is 21.1. The monoisotopic (exact) mass is 420 g/mol. The molecule has 0 bridgehead atoms. The second-order valence-corrected chi connectivity index (χ2v) is 8.08. The molecule has 2 aliphatic heterocycles. The summed E-state index contributed by atoms with van der Waals surface area (Å²) in [5.74, 6) is 0.0609. The molecule has 2 aromatic carbocycles. The van der Waals surface area contributed by atoms with E-state index in [-0.39, 0.29) is 24.0 Å². The molecule has 0 saturated carbocycles. The summed E-state index contributed by atoms with van der Waals surface area (Å²) < 4.78 is 11.4. The normalized spacial score (nSPS) is 21.8. The van der Waals surface area contributed by atoms with Crippen LogP contribution in [0, 0.1) is 0 Å². The number of rotatable bonds is 6. The highest BCUT2D eigenvalue weighted by molar-refractivity contribution is 6.36. The van der Waals surface area contributed by atoms with E-state index in [0.29, 0.717) is 48.6 Å². The van der Waals surface area contributed by atoms with E-state index < -0.39 is 0 Å². The number of methoxy groups -OCH3 is 1. The Morgan fingerprint density at radius 1 is 0.935 bits per heavy atom. The van der Waals surface area contributed by atoms with Gasteiger partial charge in [0.15, 0.2) is 0 Å². The van der Waals surface area contributed by atoms with Crippen molar-refractivity contribution in [3.05, 3.63) is 71.4 Å². The summed E-state index contributed by atoms with van der Waals surface area (Å²) in [7, 11) is 1.58. The summed E-state index contributed by atoms with van der Waals surface area (Å²) >= 11 is 0. The standard InChI is InChI=1S/C25H28N2O4/c1-17-15-26(16-18(2)31-17)23-22(20-11-7-8-12-21(20)30-3)24(28)27(25(23)29)14-13-19-9-5-4-6-10-19/h4-12,17-18H,13-16H2,1-3H3. The quantitative estimate of drug-likeness (QED) is 0.672. The van der Waals surface area contributed by atoms with Crippen LogP contribution in [0.4, 0.5) is 0 Å². The molecule has 162 valence electrons. The largest absolute Gasteiger partial charge is 0.496 e. The van der Waals surface area contributed by atoms with Gasteiger partial charge < -0.3 is 14.4 Å². The van der Waals surface area contributed by atoms with Crippen LogP contribution in [0.15, 0.2) is 60.3 Å². The molecule has 2 aromatic rings. The summed E-state index contributed by atoms with van der Waals surface area (Å²) in [6.07, 6.45) is 0.550. The molecule has 1 fully saturated rings. The van der Waals surface area contributed by atoms with E-state index in [1.807, 2.05) is 73.3 Å². The van der Waals surface area contributed by atoms with Crippen LogP contribution in [0.5, 0.6) is 5.75 Å². The fourth-order valence-corrected chi connectivity index (χ4v) is 4.40. The van der Waals surface area contributed by atoms with Gasteiger partial charge in [-0.05, 0) is 31.9 Å². The lowest BCUT2D eigenvalue weighted by Crippen LogP contribution is -2.47. The van der Waals surface area contributed by atoms with Gasteiger partial charge in [-0.3, -0.25) is 14.5 Å². The van der Waals surface area contributed by atoms with Gasteiger partial charge >= 0.3 is 0 Å². The van der Waals surface area contributed by atoms with Crippen molar-refractivity contribution in [2.45, 2.75) is 32.5 Å². The van der Waals surface area contributed by atoms with E-state index in [9.17, 15) is 9.59 Å². The Hall–Kier alpha value is -3.12. The number of hydrogen-bond acceptors (Lipinski definition) is 5. The fourth-order valence-electron chi connectivity index (χ4n) is 4.40. The Labute approximate surface area is 183 Å². The number of morpholine rings is 1. The predicted octanol–water partition coefficient (Wildman–Crippen LogP) is 3.13. The number of para-hydroxylation sites is 1. The van der Waals surface area contributed by atoms with Gasteiger partial charge in [0.05, 0.1) is 24.9 Å². The summed E-state index contributed by atoms with van der Waals surface area (Å²) in [4.78, 5) is 30.5. The van der Waals surface area contributed by atoms with Gasteiger partial charge in [0, 0.05) is 25.2 Å². The number of amides is 2. The van der Waals surface area contributed by atoms with Crippen molar-refractivity contribution in [3.63, 3.8) is 0 Å². The molecule has 0 N–H and O–H groups in total. The maximum Gasteiger partial charge on any atom is 0.277 e. The number of ether oxygens (including phenoxy) is 2. The molecule has 0 spiro atoms. The van der Waals surface area contributed by atoms with Gasteiger partial charge in [-0.1, -0.05) is 48.5 Å². The second-order valence-electron chi connectivity index (χ2n) is 8.08. The molecule has 6 nitrogen and oxygen atoms in total. The molecular formula is C25H28N2O4. The van der Waals surface area contributed by atoms with Crippen molar-refractivity contribution >= 4 is 17.4 Å². The number of nitrogens with zero attached hydrogens (tertiary/aromatic N) is 2. The Balaban J connectivity index is 1.72. The third kappa shape index (κ3) is 4.21. The van der Waals surface area contributed by atoms with Gasteiger partial charge in [0.1, 0.15) is 11.4 Å². The van der Waals surface area contributed by atoms with Crippen LogP contribution in [0.2, 0.25) is 0 Å². The summed E-state index contributed by atoms with van der Waals surface area (Å²) in [5.41, 5.74) is 2.60. The first-order chi connectivity index (χ1) is 15.0. The highest BCUT2D eigenvalue weighted by Crippen LogP contribution is 2.37. The van der Waals surface area contributed by atoms with Crippen LogP contribution in [0.3, 0.4) is 0 Å². The van der Waals surface area contributed by atoms with Crippen molar-refractivity contribution in [1.82, 2.24) is 9.80 Å². The van der Waals surface area contributed by atoms with Gasteiger partial charge in [0.2, 0.25) is 0 Å². The second kappa shape index (κ2) is 8.94. The molecule has 4 rings (SSSR count). The molecule has 0 aromatic heterocycles. The number of benzene rings is 2. The third-order valence-electron chi connectivity index (χ3n) is 5.72. The summed E-state index contributed by atoms with van der Waals surface area (Å²) in [6, 6.07) is 17.3. The topological polar surface area (TPSA) is 59.1 Å². The third-order valence-corrected chi connectivity index (χ3v) is 5.72.